The SMILES string of the molecule is CN(Cc1cc2ccccc2o1)C(=O)[C@H]1C[C@@H]1c1ccco1. The van der Waals surface area contributed by atoms with Crippen LogP contribution in [0.2, 0.25) is 0 Å². The Balaban J connectivity index is 1.44. The maximum atomic E-state index is 12.5. The predicted octanol–water partition coefficient (Wildman–Crippen LogP) is 3.79. The fraction of sp³-hybridized carbons (Fsp3) is 0.278. The van der Waals surface area contributed by atoms with E-state index in [1.807, 2.05) is 49.5 Å². The second-order valence-electron chi connectivity index (χ2n) is 5.91. The van der Waals surface area contributed by atoms with Gasteiger partial charge in [-0.05, 0) is 30.7 Å². The Morgan fingerprint density at radius 1 is 1.27 bits per heavy atom. The average molecular weight is 295 g/mol. The summed E-state index contributed by atoms with van der Waals surface area (Å²) in [4.78, 5) is 14.2. The first-order chi connectivity index (χ1) is 10.7. The zero-order valence-electron chi connectivity index (χ0n) is 12.4. The van der Waals surface area contributed by atoms with E-state index < -0.39 is 0 Å². The Bertz CT molecular complexity index is 770. The lowest BCUT2D eigenvalue weighted by molar-refractivity contribution is -0.132. The minimum atomic E-state index is 0.0422. The van der Waals surface area contributed by atoms with Gasteiger partial charge in [0.25, 0.3) is 0 Å². The molecule has 0 bridgehead atoms. The summed E-state index contributed by atoms with van der Waals surface area (Å²) in [5.41, 5.74) is 0.859. The average Bonchev–Trinajstić information content (AvgIpc) is 2.96. The molecule has 2 heterocycles. The lowest BCUT2D eigenvalue weighted by Crippen LogP contribution is -2.27. The van der Waals surface area contributed by atoms with Crippen LogP contribution in [-0.4, -0.2) is 17.9 Å². The molecule has 4 heteroatoms. The molecule has 22 heavy (non-hydrogen) atoms. The molecule has 1 aliphatic rings. The van der Waals surface area contributed by atoms with Crippen LogP contribution >= 0.6 is 0 Å². The van der Waals surface area contributed by atoms with Gasteiger partial charge in [0.2, 0.25) is 5.91 Å². The van der Waals surface area contributed by atoms with Crippen LogP contribution in [0, 0.1) is 5.92 Å². The molecule has 1 amide bonds. The highest BCUT2D eigenvalue weighted by molar-refractivity contribution is 5.83. The van der Waals surface area contributed by atoms with Gasteiger partial charge in [-0.25, -0.2) is 0 Å². The first kappa shape index (κ1) is 13.2. The van der Waals surface area contributed by atoms with E-state index in [-0.39, 0.29) is 17.7 Å². The number of carbonyl (C=O) groups is 1. The van der Waals surface area contributed by atoms with E-state index in [1.165, 1.54) is 0 Å². The van der Waals surface area contributed by atoms with Gasteiger partial charge in [0.1, 0.15) is 17.1 Å². The van der Waals surface area contributed by atoms with Crippen LogP contribution in [0.25, 0.3) is 11.0 Å². The van der Waals surface area contributed by atoms with Crippen molar-refractivity contribution in [2.45, 2.75) is 18.9 Å². The minimum Gasteiger partial charge on any atom is -0.469 e. The van der Waals surface area contributed by atoms with Gasteiger partial charge in [0.15, 0.2) is 0 Å². The van der Waals surface area contributed by atoms with E-state index in [0.29, 0.717) is 6.54 Å². The first-order valence-corrected chi connectivity index (χ1v) is 7.48. The van der Waals surface area contributed by atoms with Crippen LogP contribution in [0.4, 0.5) is 0 Å². The number of benzene rings is 1. The molecule has 1 saturated carbocycles. The Morgan fingerprint density at radius 2 is 2.14 bits per heavy atom. The maximum absolute atomic E-state index is 12.5. The normalized spacial score (nSPS) is 20.2. The molecule has 1 aliphatic carbocycles. The molecular weight excluding hydrogens is 278 g/mol. The summed E-state index contributed by atoms with van der Waals surface area (Å²) in [6.07, 6.45) is 2.53. The largest absolute Gasteiger partial charge is 0.469 e. The lowest BCUT2D eigenvalue weighted by atomic mass is 10.2. The minimum absolute atomic E-state index is 0.0422. The molecule has 0 aliphatic heterocycles. The summed E-state index contributed by atoms with van der Waals surface area (Å²) in [5.74, 6) is 2.16. The number of carbonyl (C=O) groups excluding carboxylic acids is 1. The molecule has 0 unspecified atom stereocenters. The maximum Gasteiger partial charge on any atom is 0.226 e. The molecule has 0 saturated heterocycles. The number of para-hydroxylation sites is 1. The highest BCUT2D eigenvalue weighted by Crippen LogP contribution is 2.48. The van der Waals surface area contributed by atoms with Crippen molar-refractivity contribution < 1.29 is 13.6 Å². The van der Waals surface area contributed by atoms with Gasteiger partial charge in [-0.15, -0.1) is 0 Å². The van der Waals surface area contributed by atoms with Gasteiger partial charge >= 0.3 is 0 Å². The number of furan rings is 2. The number of fused-ring (bicyclic) bond motifs is 1. The van der Waals surface area contributed by atoms with E-state index in [4.69, 9.17) is 8.83 Å². The Morgan fingerprint density at radius 3 is 2.91 bits per heavy atom. The molecule has 2 atom stereocenters. The smallest absolute Gasteiger partial charge is 0.226 e. The van der Waals surface area contributed by atoms with E-state index in [0.717, 1.165) is 28.9 Å². The Labute approximate surface area is 128 Å². The fourth-order valence-electron chi connectivity index (χ4n) is 2.99. The highest BCUT2D eigenvalue weighted by Gasteiger charge is 2.47. The summed E-state index contributed by atoms with van der Waals surface area (Å²) in [6.45, 7) is 0.495. The third-order valence-corrected chi connectivity index (χ3v) is 4.26. The van der Waals surface area contributed by atoms with E-state index in [9.17, 15) is 4.79 Å². The highest BCUT2D eigenvalue weighted by atomic mass is 16.3. The van der Waals surface area contributed by atoms with Crippen molar-refractivity contribution in [2.24, 2.45) is 5.92 Å². The van der Waals surface area contributed by atoms with Crippen molar-refractivity contribution >= 4 is 16.9 Å². The molecule has 4 nitrogen and oxygen atoms in total. The predicted molar refractivity (Wildman–Crippen MR) is 82.2 cm³/mol. The van der Waals surface area contributed by atoms with Crippen LogP contribution in [0.1, 0.15) is 23.9 Å². The second-order valence-corrected chi connectivity index (χ2v) is 5.91. The topological polar surface area (TPSA) is 46.6 Å². The zero-order valence-corrected chi connectivity index (χ0v) is 12.4. The molecule has 1 aromatic carbocycles. The Kier molecular flexibility index (Phi) is 3.03. The molecule has 4 rings (SSSR count). The monoisotopic (exact) mass is 295 g/mol. The van der Waals surface area contributed by atoms with E-state index in [1.54, 1.807) is 11.2 Å². The number of hydrogen-bond donors (Lipinski definition) is 0. The quantitative estimate of drug-likeness (QED) is 0.735. The van der Waals surface area contributed by atoms with Crippen LogP contribution in [0.5, 0.6) is 0 Å². The summed E-state index contributed by atoms with van der Waals surface area (Å²) >= 11 is 0. The van der Waals surface area contributed by atoms with Gasteiger partial charge in [-0.1, -0.05) is 18.2 Å². The second kappa shape index (κ2) is 5.05. The standard InChI is InChI=1S/C18H17NO3/c1-19(11-13-9-12-5-2-3-6-16(12)22-13)18(20)15-10-14(15)17-7-4-8-21-17/h2-9,14-15H,10-11H2,1H3/t14-,15-/m0/s1. The molecule has 0 spiro atoms. The zero-order chi connectivity index (χ0) is 15.1. The fourth-order valence-corrected chi connectivity index (χ4v) is 2.99. The van der Waals surface area contributed by atoms with Gasteiger partial charge in [-0.3, -0.25) is 4.79 Å². The molecule has 1 fully saturated rings. The lowest BCUT2D eigenvalue weighted by Gasteiger charge is -2.15. The van der Waals surface area contributed by atoms with Crippen LogP contribution in [0.15, 0.2) is 57.6 Å². The third kappa shape index (κ3) is 2.30. The van der Waals surface area contributed by atoms with Crippen molar-refractivity contribution in [1.29, 1.82) is 0 Å². The summed E-state index contributed by atoms with van der Waals surface area (Å²) in [7, 11) is 1.83. The third-order valence-electron chi connectivity index (χ3n) is 4.26. The first-order valence-electron chi connectivity index (χ1n) is 7.48. The summed E-state index contributed by atoms with van der Waals surface area (Å²) in [6, 6.07) is 13.7. The summed E-state index contributed by atoms with van der Waals surface area (Å²) in [5, 5.41) is 1.07. The molecular formula is C18H17NO3. The molecule has 112 valence electrons. The molecule has 0 radical (unpaired) electrons. The molecule has 2 aromatic heterocycles. The van der Waals surface area contributed by atoms with Crippen molar-refractivity contribution in [3.05, 3.63) is 60.2 Å². The van der Waals surface area contributed by atoms with Gasteiger partial charge < -0.3 is 13.7 Å². The van der Waals surface area contributed by atoms with E-state index >= 15 is 0 Å². The van der Waals surface area contributed by atoms with Crippen molar-refractivity contribution in [2.75, 3.05) is 7.05 Å². The van der Waals surface area contributed by atoms with Crippen LogP contribution in [-0.2, 0) is 11.3 Å². The molecule has 0 N–H and O–H groups in total. The van der Waals surface area contributed by atoms with Gasteiger partial charge in [0.05, 0.1) is 12.8 Å². The summed E-state index contributed by atoms with van der Waals surface area (Å²) < 4.78 is 11.2. The van der Waals surface area contributed by atoms with Crippen LogP contribution in [0.3, 0.4) is 0 Å². The number of hydrogen-bond acceptors (Lipinski definition) is 3. The number of amides is 1. The van der Waals surface area contributed by atoms with E-state index in [2.05, 4.69) is 0 Å². The number of rotatable bonds is 4. The van der Waals surface area contributed by atoms with Gasteiger partial charge in [0, 0.05) is 24.3 Å². The van der Waals surface area contributed by atoms with Gasteiger partial charge in [-0.2, -0.15) is 0 Å². The van der Waals surface area contributed by atoms with Crippen molar-refractivity contribution in [3.63, 3.8) is 0 Å². The van der Waals surface area contributed by atoms with Crippen molar-refractivity contribution in [1.82, 2.24) is 4.90 Å². The number of nitrogens with zero attached hydrogens (tertiary/aromatic N) is 1. The molecule has 3 aromatic rings. The Hall–Kier alpha value is -2.49. The van der Waals surface area contributed by atoms with Crippen LogP contribution < -0.4 is 0 Å². The van der Waals surface area contributed by atoms with Crippen molar-refractivity contribution in [3.8, 4) is 0 Å².